The molecule has 0 aliphatic carbocycles. The van der Waals surface area contributed by atoms with E-state index >= 15 is 0 Å². The van der Waals surface area contributed by atoms with Crippen LogP contribution in [0, 0.1) is 11.6 Å². The highest BCUT2D eigenvalue weighted by atomic mass is 19.1. The third-order valence-electron chi connectivity index (χ3n) is 4.56. The molecule has 8 heteroatoms. The van der Waals surface area contributed by atoms with Crippen molar-refractivity contribution in [3.63, 3.8) is 0 Å². The molecule has 0 saturated carbocycles. The van der Waals surface area contributed by atoms with Crippen LogP contribution in [0.15, 0.2) is 48.5 Å². The topological polar surface area (TPSA) is 98.7 Å². The summed E-state index contributed by atoms with van der Waals surface area (Å²) >= 11 is 0. The van der Waals surface area contributed by atoms with Gasteiger partial charge >= 0.3 is 0 Å². The van der Waals surface area contributed by atoms with Crippen LogP contribution in [0.25, 0.3) is 0 Å². The van der Waals surface area contributed by atoms with Gasteiger partial charge in [0.2, 0.25) is 0 Å². The minimum Gasteiger partial charge on any atom is -0.394 e. The second kappa shape index (κ2) is 12.5. The number of hydrogen-bond acceptors (Lipinski definition) is 6. The van der Waals surface area contributed by atoms with E-state index in [1.165, 1.54) is 42.5 Å². The lowest BCUT2D eigenvalue weighted by Gasteiger charge is -2.22. The van der Waals surface area contributed by atoms with Gasteiger partial charge < -0.3 is 20.8 Å². The molecule has 32 heavy (non-hydrogen) atoms. The summed E-state index contributed by atoms with van der Waals surface area (Å²) in [4.78, 5) is 23.3. The summed E-state index contributed by atoms with van der Waals surface area (Å²) in [5.41, 5.74) is -0.206. The quantitative estimate of drug-likeness (QED) is 0.416. The molecular formula is C24H32F2N2O4. The second-order valence-electron chi connectivity index (χ2n) is 8.65. The molecule has 0 fully saturated rings. The zero-order chi connectivity index (χ0) is 24.4. The molecule has 0 aliphatic rings. The number of benzene rings is 2. The van der Waals surface area contributed by atoms with Gasteiger partial charge in [0.25, 0.3) is 0 Å². The summed E-state index contributed by atoms with van der Waals surface area (Å²) in [5.74, 6) is -1.10. The molecule has 0 aromatic heterocycles. The van der Waals surface area contributed by atoms with Crippen LogP contribution in [0.3, 0.4) is 0 Å². The summed E-state index contributed by atoms with van der Waals surface area (Å²) in [6.07, 6.45) is 0. The number of ketones is 2. The van der Waals surface area contributed by atoms with Crippen LogP contribution in [0.5, 0.6) is 0 Å². The van der Waals surface area contributed by atoms with Gasteiger partial charge in [-0.2, -0.15) is 0 Å². The first-order chi connectivity index (χ1) is 14.9. The van der Waals surface area contributed by atoms with Gasteiger partial charge in [-0.15, -0.1) is 0 Å². The Morgan fingerprint density at radius 1 is 0.750 bits per heavy atom. The Morgan fingerprint density at radius 2 is 1.22 bits per heavy atom. The Kier molecular flexibility index (Phi) is 10.7. The Hall–Kier alpha value is -2.52. The number of rotatable bonds is 10. The van der Waals surface area contributed by atoms with Crippen molar-refractivity contribution in [1.82, 2.24) is 10.6 Å². The van der Waals surface area contributed by atoms with Crippen LogP contribution in [-0.4, -0.2) is 59.2 Å². The van der Waals surface area contributed by atoms with Gasteiger partial charge in [-0.1, -0.05) is 12.1 Å². The van der Waals surface area contributed by atoms with Crippen LogP contribution in [-0.2, 0) is 0 Å². The van der Waals surface area contributed by atoms with Crippen molar-refractivity contribution >= 4 is 11.6 Å². The van der Waals surface area contributed by atoms with Crippen molar-refractivity contribution in [2.75, 3.05) is 26.3 Å². The number of nitrogens with one attached hydrogen (secondary N) is 2. The first-order valence-electron chi connectivity index (χ1n) is 10.2. The Morgan fingerprint density at radius 3 is 1.66 bits per heavy atom. The summed E-state index contributed by atoms with van der Waals surface area (Å²) < 4.78 is 25.5. The van der Waals surface area contributed by atoms with Gasteiger partial charge in [-0.05, 0) is 64.1 Å². The average Bonchev–Trinajstić information content (AvgIpc) is 2.77. The van der Waals surface area contributed by atoms with Crippen molar-refractivity contribution in [3.8, 4) is 0 Å². The zero-order valence-electron chi connectivity index (χ0n) is 18.9. The molecule has 0 saturated heterocycles. The number of carbonyl (C=O) groups is 2. The molecule has 176 valence electrons. The molecule has 2 rings (SSSR count). The molecule has 2 aromatic carbocycles. The number of hydrogen-bond donors (Lipinski definition) is 4. The van der Waals surface area contributed by atoms with Crippen molar-refractivity contribution in [3.05, 3.63) is 71.3 Å². The van der Waals surface area contributed by atoms with E-state index < -0.39 is 16.9 Å². The smallest absolute Gasteiger partial charge is 0.176 e. The Bertz CT molecular complexity index is 884. The van der Waals surface area contributed by atoms with Crippen LogP contribution >= 0.6 is 0 Å². The molecule has 6 nitrogen and oxygen atoms in total. The van der Waals surface area contributed by atoms with Gasteiger partial charge in [0.05, 0.1) is 26.3 Å². The predicted molar refractivity (Wildman–Crippen MR) is 120 cm³/mol. The van der Waals surface area contributed by atoms with Crippen LogP contribution in [0.1, 0.15) is 48.4 Å². The fraction of sp³-hybridized carbons (Fsp3) is 0.417. The lowest BCUT2D eigenvalue weighted by Crippen LogP contribution is -2.45. The van der Waals surface area contributed by atoms with Crippen LogP contribution < -0.4 is 10.6 Å². The minimum atomic E-state index is -0.511. The SMILES string of the molecule is CC(C)(CO)NCC(=O)c1ccc(F)cc1.CC(C)(CO)NCC(=O)c1cccc(F)c1. The van der Waals surface area contributed by atoms with Crippen molar-refractivity contribution in [1.29, 1.82) is 0 Å². The number of Topliss-reactive ketones (excluding diaryl/α,β-unsaturated/α-hetero) is 2. The maximum absolute atomic E-state index is 12.9. The van der Waals surface area contributed by atoms with E-state index in [0.717, 1.165) is 0 Å². The molecule has 2 aromatic rings. The van der Waals surface area contributed by atoms with Crippen LogP contribution in [0.4, 0.5) is 8.78 Å². The third kappa shape index (κ3) is 10.2. The second-order valence-corrected chi connectivity index (χ2v) is 8.65. The molecule has 0 bridgehead atoms. The highest BCUT2D eigenvalue weighted by molar-refractivity contribution is 5.98. The summed E-state index contributed by atoms with van der Waals surface area (Å²) in [5, 5.41) is 23.8. The number of halogens is 2. The Balaban J connectivity index is 0.000000320. The number of aliphatic hydroxyl groups is 2. The van der Waals surface area contributed by atoms with Gasteiger partial charge in [0.15, 0.2) is 11.6 Å². The zero-order valence-corrected chi connectivity index (χ0v) is 18.9. The van der Waals surface area contributed by atoms with E-state index in [2.05, 4.69) is 10.6 Å². The van der Waals surface area contributed by atoms with Crippen molar-refractivity contribution in [2.45, 2.75) is 38.8 Å². The van der Waals surface area contributed by atoms with E-state index in [1.54, 1.807) is 33.8 Å². The molecule has 0 radical (unpaired) electrons. The molecule has 0 heterocycles. The molecule has 0 spiro atoms. The fourth-order valence-corrected chi connectivity index (χ4v) is 2.25. The summed E-state index contributed by atoms with van der Waals surface area (Å²) in [6.45, 7) is 7.25. The average molecular weight is 451 g/mol. The summed E-state index contributed by atoms with van der Waals surface area (Å²) in [6, 6.07) is 11.0. The molecular weight excluding hydrogens is 418 g/mol. The maximum atomic E-state index is 12.9. The van der Waals surface area contributed by atoms with Gasteiger partial charge in [-0.25, -0.2) is 8.78 Å². The molecule has 0 amide bonds. The molecule has 0 aliphatic heterocycles. The molecule has 0 unspecified atom stereocenters. The number of carbonyl (C=O) groups excluding carboxylic acids is 2. The van der Waals surface area contributed by atoms with E-state index in [0.29, 0.717) is 11.1 Å². The lowest BCUT2D eigenvalue weighted by molar-refractivity contribution is 0.0960. The van der Waals surface area contributed by atoms with Crippen molar-refractivity contribution < 1.29 is 28.6 Å². The van der Waals surface area contributed by atoms with Crippen molar-refractivity contribution in [2.24, 2.45) is 0 Å². The first kappa shape index (κ1) is 27.5. The van der Waals surface area contributed by atoms with Crippen LogP contribution in [0.2, 0.25) is 0 Å². The standard InChI is InChI=1S/2C12H16FNO2/c1-12(2,8-15)14-7-11(16)9-3-5-10(13)6-4-9;1-12(2,8-15)14-7-11(16)9-4-3-5-10(13)6-9/h2*3-6,14-15H,7-8H2,1-2H3. The van der Waals surface area contributed by atoms with Gasteiger partial charge in [-0.3, -0.25) is 9.59 Å². The first-order valence-corrected chi connectivity index (χ1v) is 10.2. The fourth-order valence-electron chi connectivity index (χ4n) is 2.25. The summed E-state index contributed by atoms with van der Waals surface area (Å²) in [7, 11) is 0. The largest absolute Gasteiger partial charge is 0.394 e. The molecule has 0 atom stereocenters. The van der Waals surface area contributed by atoms with E-state index in [-0.39, 0.29) is 43.7 Å². The lowest BCUT2D eigenvalue weighted by atomic mass is 10.1. The predicted octanol–water partition coefficient (Wildman–Crippen LogP) is 2.74. The molecule has 4 N–H and O–H groups in total. The monoisotopic (exact) mass is 450 g/mol. The van der Waals surface area contributed by atoms with E-state index in [1.807, 2.05) is 0 Å². The highest BCUT2D eigenvalue weighted by Crippen LogP contribution is 2.06. The minimum absolute atomic E-state index is 0.0519. The van der Waals surface area contributed by atoms with Gasteiger partial charge in [0.1, 0.15) is 11.6 Å². The maximum Gasteiger partial charge on any atom is 0.176 e. The van der Waals surface area contributed by atoms with E-state index in [9.17, 15) is 18.4 Å². The third-order valence-corrected chi connectivity index (χ3v) is 4.56. The van der Waals surface area contributed by atoms with Gasteiger partial charge in [0, 0.05) is 22.2 Å². The highest BCUT2D eigenvalue weighted by Gasteiger charge is 2.18. The van der Waals surface area contributed by atoms with E-state index in [4.69, 9.17) is 10.2 Å². The normalized spacial score (nSPS) is 11.5. The number of aliphatic hydroxyl groups excluding tert-OH is 2. The Labute approximate surface area is 187 Å².